The highest BCUT2D eigenvalue weighted by atomic mass is 15.1. The molecule has 0 atom stereocenters. The van der Waals surface area contributed by atoms with Gasteiger partial charge in [-0.15, -0.1) is 0 Å². The van der Waals surface area contributed by atoms with E-state index in [-0.39, 0.29) is 0 Å². The molecule has 342 valence electrons. The first-order chi connectivity index (χ1) is 36.2. The van der Waals surface area contributed by atoms with Gasteiger partial charge in [-0.3, -0.25) is 0 Å². The fourth-order valence-electron chi connectivity index (χ4n) is 12.1. The van der Waals surface area contributed by atoms with Gasteiger partial charge in [0, 0.05) is 33.8 Å². The molecule has 0 fully saturated rings. The largest absolute Gasteiger partial charge is 0.310 e. The molecular weight excluding hydrogens is 881 g/mol. The molecule has 14 rings (SSSR count). The maximum absolute atomic E-state index is 2.50. The third-order valence-corrected chi connectivity index (χ3v) is 15.3. The molecule has 0 saturated carbocycles. The summed E-state index contributed by atoms with van der Waals surface area (Å²) >= 11 is 0. The Morgan fingerprint density at radius 2 is 0.562 bits per heavy atom. The van der Waals surface area contributed by atoms with E-state index in [1.54, 1.807) is 0 Å². The monoisotopic (exact) mass is 928 g/mol. The van der Waals surface area contributed by atoms with Crippen LogP contribution in [0.2, 0.25) is 0 Å². The summed E-state index contributed by atoms with van der Waals surface area (Å²) in [5.74, 6) is 0. The first-order valence-electron chi connectivity index (χ1n) is 25.2. The van der Waals surface area contributed by atoms with Gasteiger partial charge in [0.05, 0.1) is 11.1 Å². The van der Waals surface area contributed by atoms with Crippen LogP contribution in [0, 0.1) is 0 Å². The number of hydrogen-bond acceptors (Lipinski definition) is 2. The number of anilines is 6. The molecule has 0 aromatic heterocycles. The lowest BCUT2D eigenvalue weighted by Crippen LogP contribution is -2.26. The van der Waals surface area contributed by atoms with Crippen LogP contribution < -0.4 is 9.80 Å². The van der Waals surface area contributed by atoms with Crippen molar-refractivity contribution in [2.45, 2.75) is 5.41 Å². The first kappa shape index (κ1) is 42.4. The number of hydrogen-bond donors (Lipinski definition) is 0. The third-order valence-electron chi connectivity index (χ3n) is 15.3. The molecule has 0 radical (unpaired) electrons. The van der Waals surface area contributed by atoms with Crippen LogP contribution in [0.25, 0.3) is 66.4 Å². The third kappa shape index (κ3) is 6.87. The fraction of sp³-hybridized carbons (Fsp3) is 0.0141. The summed E-state index contributed by atoms with van der Waals surface area (Å²) in [6.45, 7) is 0. The molecule has 2 aliphatic carbocycles. The van der Waals surface area contributed by atoms with E-state index in [2.05, 4.69) is 301 Å². The molecule has 0 heterocycles. The van der Waals surface area contributed by atoms with Gasteiger partial charge in [0.15, 0.2) is 0 Å². The van der Waals surface area contributed by atoms with Crippen molar-refractivity contribution in [3.05, 3.63) is 313 Å². The Bertz CT molecular complexity index is 3870. The topological polar surface area (TPSA) is 6.48 Å². The quantitative estimate of drug-likeness (QED) is 0.142. The van der Waals surface area contributed by atoms with Gasteiger partial charge in [0.2, 0.25) is 0 Å². The molecule has 0 amide bonds. The maximum Gasteiger partial charge on any atom is 0.0727 e. The minimum atomic E-state index is -0.606. The second-order valence-electron chi connectivity index (χ2n) is 19.2. The van der Waals surface area contributed by atoms with Gasteiger partial charge in [-0.25, -0.2) is 0 Å². The van der Waals surface area contributed by atoms with E-state index in [1.807, 2.05) is 0 Å². The average molecular weight is 929 g/mol. The van der Waals surface area contributed by atoms with Gasteiger partial charge in [0.1, 0.15) is 0 Å². The van der Waals surface area contributed by atoms with Crippen LogP contribution in [0.15, 0.2) is 291 Å². The molecule has 0 saturated heterocycles. The van der Waals surface area contributed by atoms with Gasteiger partial charge in [-0.1, -0.05) is 224 Å². The minimum Gasteiger partial charge on any atom is -0.310 e. The molecule has 2 heteroatoms. The highest BCUT2D eigenvalue weighted by Gasteiger charge is 2.52. The lowest BCUT2D eigenvalue weighted by atomic mass is 9.70. The van der Waals surface area contributed by atoms with Crippen LogP contribution in [-0.4, -0.2) is 0 Å². The zero-order chi connectivity index (χ0) is 48.3. The molecule has 73 heavy (non-hydrogen) atoms. The predicted molar refractivity (Wildman–Crippen MR) is 306 cm³/mol. The zero-order valence-electron chi connectivity index (χ0n) is 40.1. The van der Waals surface area contributed by atoms with Crippen molar-refractivity contribution in [1.82, 2.24) is 0 Å². The van der Waals surface area contributed by atoms with Crippen LogP contribution in [0.3, 0.4) is 0 Å². The van der Waals surface area contributed by atoms with Crippen molar-refractivity contribution in [3.8, 4) is 55.6 Å². The van der Waals surface area contributed by atoms with Crippen LogP contribution >= 0.6 is 0 Å². The van der Waals surface area contributed by atoms with E-state index in [0.29, 0.717) is 0 Å². The van der Waals surface area contributed by atoms with Crippen molar-refractivity contribution in [1.29, 1.82) is 0 Å². The second-order valence-corrected chi connectivity index (χ2v) is 19.2. The summed E-state index contributed by atoms with van der Waals surface area (Å²) < 4.78 is 0. The first-order valence-corrected chi connectivity index (χ1v) is 25.2. The highest BCUT2D eigenvalue weighted by molar-refractivity contribution is 6.07. The van der Waals surface area contributed by atoms with Crippen LogP contribution in [0.4, 0.5) is 34.1 Å². The van der Waals surface area contributed by atoms with E-state index in [4.69, 9.17) is 0 Å². The summed E-state index contributed by atoms with van der Waals surface area (Å²) in [5.41, 5.74) is 23.5. The van der Waals surface area contributed by atoms with E-state index in [9.17, 15) is 0 Å². The summed E-state index contributed by atoms with van der Waals surface area (Å²) in [6, 6.07) is 107. The number of fused-ring (bicyclic) bond motifs is 11. The lowest BCUT2D eigenvalue weighted by Gasteiger charge is -2.33. The molecule has 2 nitrogen and oxygen atoms in total. The molecule has 12 aromatic carbocycles. The van der Waals surface area contributed by atoms with Gasteiger partial charge >= 0.3 is 0 Å². The number of nitrogens with zero attached hydrogens (tertiary/aromatic N) is 2. The van der Waals surface area contributed by atoms with Gasteiger partial charge in [-0.05, 0) is 150 Å². The molecule has 0 unspecified atom stereocenters. The van der Waals surface area contributed by atoms with Crippen molar-refractivity contribution < 1.29 is 0 Å². The normalized spacial score (nSPS) is 12.5. The van der Waals surface area contributed by atoms with Gasteiger partial charge < -0.3 is 9.80 Å². The van der Waals surface area contributed by atoms with Crippen molar-refractivity contribution >= 4 is 44.9 Å². The Kier molecular flexibility index (Phi) is 10.1. The Morgan fingerprint density at radius 1 is 0.205 bits per heavy atom. The summed E-state index contributed by atoms with van der Waals surface area (Å²) in [5, 5.41) is 2.42. The number of para-hydroxylation sites is 1. The predicted octanol–water partition coefficient (Wildman–Crippen LogP) is 19.1. The minimum absolute atomic E-state index is 0.606. The number of benzene rings is 12. The SMILES string of the molecule is c1ccc(-c2ccc(N(c3ccc(-c4ccccc4)cc3)c3ccc4c(c3)C3(c5ccccc5-c5ccccc53)c3cc(N(c5ccccc5)c5ccc(-c6ccccc6)c6ccccc56)ccc3-4)cc2)cc1. The smallest absolute Gasteiger partial charge is 0.0727 e. The van der Waals surface area contributed by atoms with Crippen LogP contribution in [-0.2, 0) is 5.41 Å². The Labute approximate surface area is 427 Å². The Balaban J connectivity index is 0.982. The fourth-order valence-corrected chi connectivity index (χ4v) is 12.1. The standard InChI is InChI=1S/C71H48N2/c1-5-19-49(20-6-1)51-33-37-55(38-34-51)72(56-39-35-52(36-40-56)50-21-7-2-8-22-50)57-41-43-63-64-44-42-58(48-69(64)71(68(63)47-57)66-31-17-15-28-61(66)62-29-16-18-32-67(62)71)73(54-25-11-4-12-26-54)70-46-45-59(53-23-9-3-10-24-53)60-27-13-14-30-65(60)70/h1-48H. The molecule has 0 bridgehead atoms. The Hall–Kier alpha value is -9.50. The van der Waals surface area contributed by atoms with Crippen molar-refractivity contribution in [3.63, 3.8) is 0 Å². The van der Waals surface area contributed by atoms with Gasteiger partial charge in [0.25, 0.3) is 0 Å². The lowest BCUT2D eigenvalue weighted by molar-refractivity contribution is 0.793. The average Bonchev–Trinajstić information content (AvgIpc) is 3.94. The summed E-state index contributed by atoms with van der Waals surface area (Å²) in [4.78, 5) is 4.90. The van der Waals surface area contributed by atoms with Crippen molar-refractivity contribution in [2.75, 3.05) is 9.80 Å². The van der Waals surface area contributed by atoms with E-state index in [0.717, 1.165) is 34.1 Å². The molecular formula is C71H48N2. The molecule has 2 aliphatic rings. The van der Waals surface area contributed by atoms with E-state index in [1.165, 1.54) is 88.7 Å². The summed E-state index contributed by atoms with van der Waals surface area (Å²) in [6.07, 6.45) is 0. The van der Waals surface area contributed by atoms with Crippen LogP contribution in [0.5, 0.6) is 0 Å². The van der Waals surface area contributed by atoms with Crippen LogP contribution in [0.1, 0.15) is 22.3 Å². The number of rotatable bonds is 9. The molecule has 0 aliphatic heterocycles. The zero-order valence-corrected chi connectivity index (χ0v) is 40.1. The summed E-state index contributed by atoms with van der Waals surface area (Å²) in [7, 11) is 0. The molecule has 0 N–H and O–H groups in total. The molecule has 12 aromatic rings. The Morgan fingerprint density at radius 3 is 1.08 bits per heavy atom. The van der Waals surface area contributed by atoms with E-state index >= 15 is 0 Å². The van der Waals surface area contributed by atoms with Gasteiger partial charge in [-0.2, -0.15) is 0 Å². The highest BCUT2D eigenvalue weighted by Crippen LogP contribution is 2.64. The molecule has 1 spiro atoms. The van der Waals surface area contributed by atoms with E-state index < -0.39 is 5.41 Å². The second kappa shape index (κ2) is 17.4. The van der Waals surface area contributed by atoms with Crippen molar-refractivity contribution in [2.24, 2.45) is 0 Å². The maximum atomic E-state index is 2.50.